The van der Waals surface area contributed by atoms with E-state index in [0.717, 1.165) is 16.9 Å². The maximum Gasteiger partial charge on any atom is 0.119 e. The third-order valence-corrected chi connectivity index (χ3v) is 2.51. The van der Waals surface area contributed by atoms with Crippen molar-refractivity contribution in [2.75, 3.05) is 13.7 Å². The molecule has 0 saturated carbocycles. The van der Waals surface area contributed by atoms with Crippen LogP contribution in [-0.2, 0) is 0 Å². The zero-order chi connectivity index (χ0) is 11.3. The van der Waals surface area contributed by atoms with Crippen molar-refractivity contribution < 1.29 is 9.84 Å². The highest BCUT2D eigenvalue weighted by molar-refractivity contribution is 5.34. The summed E-state index contributed by atoms with van der Waals surface area (Å²) in [5.41, 5.74) is 2.22. The Bertz CT molecular complexity index is 331. The highest BCUT2D eigenvalue weighted by Crippen LogP contribution is 2.28. The number of hydrogen-bond donors (Lipinski definition) is 1. The van der Waals surface area contributed by atoms with Crippen molar-refractivity contribution in [3.05, 3.63) is 42.0 Å². The lowest BCUT2D eigenvalue weighted by atomic mass is 9.90. The Morgan fingerprint density at radius 1 is 1.53 bits per heavy atom. The minimum Gasteiger partial charge on any atom is -0.497 e. The molecule has 0 bridgehead atoms. The van der Waals surface area contributed by atoms with Crippen LogP contribution in [0.4, 0.5) is 0 Å². The number of benzene rings is 1. The van der Waals surface area contributed by atoms with E-state index in [-0.39, 0.29) is 12.5 Å². The Hall–Kier alpha value is -1.28. The molecule has 0 saturated heterocycles. The molecule has 1 atom stereocenters. The summed E-state index contributed by atoms with van der Waals surface area (Å²) in [4.78, 5) is 0. The summed E-state index contributed by atoms with van der Waals surface area (Å²) in [6, 6.07) is 7.91. The molecule has 1 N–H and O–H groups in total. The Kier molecular flexibility index (Phi) is 4.37. The normalized spacial score (nSPS) is 12.2. The third kappa shape index (κ3) is 3.10. The average molecular weight is 206 g/mol. The van der Waals surface area contributed by atoms with Crippen molar-refractivity contribution >= 4 is 0 Å². The van der Waals surface area contributed by atoms with E-state index in [1.807, 2.05) is 31.2 Å². The molecule has 0 radical (unpaired) electrons. The van der Waals surface area contributed by atoms with Gasteiger partial charge in [0.25, 0.3) is 0 Å². The molecule has 0 aromatic heterocycles. The summed E-state index contributed by atoms with van der Waals surface area (Å²) in [5.74, 6) is 1.06. The fraction of sp³-hybridized carbons (Fsp3) is 0.385. The van der Waals surface area contributed by atoms with Crippen LogP contribution in [0, 0.1) is 0 Å². The third-order valence-electron chi connectivity index (χ3n) is 2.51. The lowest BCUT2D eigenvalue weighted by Gasteiger charge is -2.16. The van der Waals surface area contributed by atoms with Crippen LogP contribution in [0.1, 0.15) is 24.8 Å². The minimum atomic E-state index is 0.175. The molecule has 1 rings (SSSR count). The lowest BCUT2D eigenvalue weighted by Crippen LogP contribution is -2.02. The van der Waals surface area contributed by atoms with E-state index in [1.54, 1.807) is 7.11 Å². The van der Waals surface area contributed by atoms with Gasteiger partial charge >= 0.3 is 0 Å². The molecule has 1 unspecified atom stereocenters. The van der Waals surface area contributed by atoms with Crippen molar-refractivity contribution in [3.63, 3.8) is 0 Å². The van der Waals surface area contributed by atoms with Gasteiger partial charge in [-0.2, -0.15) is 0 Å². The van der Waals surface area contributed by atoms with Crippen LogP contribution in [0.2, 0.25) is 0 Å². The molecule has 0 heterocycles. The molecule has 0 aliphatic carbocycles. The predicted molar refractivity (Wildman–Crippen MR) is 62.3 cm³/mol. The van der Waals surface area contributed by atoms with Gasteiger partial charge in [-0.3, -0.25) is 0 Å². The number of aliphatic hydroxyl groups is 1. The van der Waals surface area contributed by atoms with Crippen LogP contribution in [-0.4, -0.2) is 18.8 Å². The molecule has 1 aromatic rings. The second kappa shape index (κ2) is 5.56. The zero-order valence-electron chi connectivity index (χ0n) is 9.36. The predicted octanol–water partition coefficient (Wildman–Crippen LogP) is 2.74. The molecule has 0 fully saturated rings. The van der Waals surface area contributed by atoms with Crippen LogP contribution in [0.5, 0.6) is 5.75 Å². The maximum absolute atomic E-state index is 9.00. The second-order valence-corrected chi connectivity index (χ2v) is 3.69. The average Bonchev–Trinajstić information content (AvgIpc) is 2.25. The van der Waals surface area contributed by atoms with Gasteiger partial charge < -0.3 is 9.84 Å². The molecule has 1 aromatic carbocycles. The largest absolute Gasteiger partial charge is 0.497 e. The minimum absolute atomic E-state index is 0.175. The first kappa shape index (κ1) is 11.8. The van der Waals surface area contributed by atoms with Crippen molar-refractivity contribution in [1.29, 1.82) is 0 Å². The van der Waals surface area contributed by atoms with E-state index in [2.05, 4.69) is 6.58 Å². The van der Waals surface area contributed by atoms with Gasteiger partial charge in [0, 0.05) is 12.5 Å². The molecule has 2 heteroatoms. The van der Waals surface area contributed by atoms with Crippen LogP contribution >= 0.6 is 0 Å². The summed E-state index contributed by atoms with van der Waals surface area (Å²) in [6.07, 6.45) is 0.711. The van der Waals surface area contributed by atoms with E-state index in [1.165, 1.54) is 0 Å². The van der Waals surface area contributed by atoms with E-state index in [4.69, 9.17) is 9.84 Å². The van der Waals surface area contributed by atoms with Crippen molar-refractivity contribution in [2.45, 2.75) is 19.3 Å². The molecular weight excluding hydrogens is 188 g/mol. The summed E-state index contributed by atoms with van der Waals surface area (Å²) in [5, 5.41) is 9.00. The van der Waals surface area contributed by atoms with E-state index in [0.29, 0.717) is 6.42 Å². The highest BCUT2D eigenvalue weighted by atomic mass is 16.5. The van der Waals surface area contributed by atoms with Crippen LogP contribution < -0.4 is 4.74 Å². The summed E-state index contributed by atoms with van der Waals surface area (Å²) in [7, 11) is 1.65. The van der Waals surface area contributed by atoms with E-state index >= 15 is 0 Å². The second-order valence-electron chi connectivity index (χ2n) is 3.69. The Morgan fingerprint density at radius 2 is 2.27 bits per heavy atom. The summed E-state index contributed by atoms with van der Waals surface area (Å²) in [6.45, 7) is 6.12. The van der Waals surface area contributed by atoms with Gasteiger partial charge in [-0.15, -0.1) is 0 Å². The number of allylic oxidation sites excluding steroid dienone is 1. The van der Waals surface area contributed by atoms with Gasteiger partial charge in [0.2, 0.25) is 0 Å². The molecule has 2 nitrogen and oxygen atoms in total. The SMILES string of the molecule is C=C(C)C(CCO)c1cccc(OC)c1. The quantitative estimate of drug-likeness (QED) is 0.751. The number of rotatable bonds is 5. The number of aliphatic hydroxyl groups excluding tert-OH is 1. The van der Waals surface area contributed by atoms with E-state index in [9.17, 15) is 0 Å². The van der Waals surface area contributed by atoms with Gasteiger partial charge in [0.1, 0.15) is 5.75 Å². The van der Waals surface area contributed by atoms with Crippen LogP contribution in [0.25, 0.3) is 0 Å². The van der Waals surface area contributed by atoms with Crippen molar-refractivity contribution in [1.82, 2.24) is 0 Å². The topological polar surface area (TPSA) is 29.5 Å². The molecular formula is C13H18O2. The van der Waals surface area contributed by atoms with Gasteiger partial charge in [0.15, 0.2) is 0 Å². The van der Waals surface area contributed by atoms with Crippen LogP contribution in [0.3, 0.4) is 0 Å². The van der Waals surface area contributed by atoms with Gasteiger partial charge in [-0.1, -0.05) is 24.3 Å². The number of methoxy groups -OCH3 is 1. The Labute approximate surface area is 91.2 Å². The highest BCUT2D eigenvalue weighted by Gasteiger charge is 2.12. The molecule has 82 valence electrons. The summed E-state index contributed by atoms with van der Waals surface area (Å²) >= 11 is 0. The lowest BCUT2D eigenvalue weighted by molar-refractivity contribution is 0.281. The van der Waals surface area contributed by atoms with Gasteiger partial charge in [-0.05, 0) is 31.0 Å². The van der Waals surface area contributed by atoms with Crippen molar-refractivity contribution in [2.24, 2.45) is 0 Å². The number of ether oxygens (including phenoxy) is 1. The van der Waals surface area contributed by atoms with E-state index < -0.39 is 0 Å². The molecule has 15 heavy (non-hydrogen) atoms. The smallest absolute Gasteiger partial charge is 0.119 e. The molecule has 0 amide bonds. The standard InChI is InChI=1S/C13H18O2/c1-10(2)13(7-8-14)11-5-4-6-12(9-11)15-3/h4-6,9,13-14H,1,7-8H2,2-3H3. The molecule has 0 aliphatic rings. The monoisotopic (exact) mass is 206 g/mol. The fourth-order valence-corrected chi connectivity index (χ4v) is 1.68. The van der Waals surface area contributed by atoms with Crippen molar-refractivity contribution in [3.8, 4) is 5.75 Å². The Balaban J connectivity index is 2.94. The molecule has 0 aliphatic heterocycles. The fourth-order valence-electron chi connectivity index (χ4n) is 1.68. The molecule has 0 spiro atoms. The first-order chi connectivity index (χ1) is 7.19. The first-order valence-corrected chi connectivity index (χ1v) is 5.09. The number of hydrogen-bond acceptors (Lipinski definition) is 2. The Morgan fingerprint density at radius 3 is 2.80 bits per heavy atom. The van der Waals surface area contributed by atoms with Gasteiger partial charge in [-0.25, -0.2) is 0 Å². The zero-order valence-corrected chi connectivity index (χ0v) is 9.36. The van der Waals surface area contributed by atoms with Gasteiger partial charge in [0.05, 0.1) is 7.11 Å². The summed E-state index contributed by atoms with van der Waals surface area (Å²) < 4.78 is 5.17. The maximum atomic E-state index is 9.00. The van der Waals surface area contributed by atoms with Crippen LogP contribution in [0.15, 0.2) is 36.4 Å². The first-order valence-electron chi connectivity index (χ1n) is 5.09.